The van der Waals surface area contributed by atoms with Gasteiger partial charge in [0.05, 0.1) is 12.0 Å². The Morgan fingerprint density at radius 1 is 1.41 bits per heavy atom. The highest BCUT2D eigenvalue weighted by molar-refractivity contribution is 6.74. The molecule has 0 unspecified atom stereocenters. The van der Waals surface area contributed by atoms with Crippen LogP contribution in [-0.2, 0) is 9.22 Å². The highest BCUT2D eigenvalue weighted by atomic mass is 28.4. The first-order valence-corrected chi connectivity index (χ1v) is 11.6. The van der Waals surface area contributed by atoms with Gasteiger partial charge < -0.3 is 9.33 Å². The molecule has 0 bridgehead atoms. The molecule has 1 saturated heterocycles. The van der Waals surface area contributed by atoms with Crippen molar-refractivity contribution in [2.75, 3.05) is 6.54 Å². The summed E-state index contributed by atoms with van der Waals surface area (Å²) < 4.78 is 6.48. The van der Waals surface area contributed by atoms with Crippen LogP contribution in [0.3, 0.4) is 0 Å². The summed E-state index contributed by atoms with van der Waals surface area (Å²) in [5.74, 6) is 0.311. The zero-order valence-corrected chi connectivity index (χ0v) is 16.6. The maximum absolute atomic E-state index is 12.6. The molecule has 1 aliphatic rings. The number of nitrogens with zero attached hydrogens (tertiary/aromatic N) is 1. The summed E-state index contributed by atoms with van der Waals surface area (Å²) in [6.45, 7) is 20.1. The third-order valence-electron chi connectivity index (χ3n) is 5.33. The van der Waals surface area contributed by atoms with Crippen LogP contribution in [0.1, 0.15) is 53.9 Å². The lowest BCUT2D eigenvalue weighted by Crippen LogP contribution is -2.65. The maximum atomic E-state index is 12.6. The Morgan fingerprint density at radius 2 is 2.00 bits per heavy atom. The zero-order chi connectivity index (χ0) is 17.1. The number of hydrogen-bond acceptors (Lipinski definition) is 2. The van der Waals surface area contributed by atoms with Crippen molar-refractivity contribution < 1.29 is 9.22 Å². The molecule has 1 amide bonds. The molecular weight excluding hydrogens is 290 g/mol. The van der Waals surface area contributed by atoms with E-state index in [1.165, 1.54) is 0 Å². The first-order valence-electron chi connectivity index (χ1n) is 8.66. The Labute approximate surface area is 138 Å². The van der Waals surface area contributed by atoms with E-state index in [-0.39, 0.29) is 23.0 Å². The number of amides is 1. The first-order chi connectivity index (χ1) is 10.1. The standard InChI is InChI=1S/C18H35NO2Si/c1-9-11-13-19-15(12-10-2)16(17(19)20)14(3)21-22(7,8)18(4,5)6/h9,14-16H,1,10-13H2,2-8H3/t14-,15-,16-/m1/s1. The Morgan fingerprint density at radius 3 is 2.45 bits per heavy atom. The molecule has 1 aliphatic heterocycles. The fourth-order valence-electron chi connectivity index (χ4n) is 3.00. The van der Waals surface area contributed by atoms with Crippen LogP contribution in [0.25, 0.3) is 0 Å². The third-order valence-corrected chi connectivity index (χ3v) is 9.91. The van der Waals surface area contributed by atoms with Gasteiger partial charge >= 0.3 is 0 Å². The number of hydrogen-bond donors (Lipinski definition) is 0. The number of carbonyl (C=O) groups is 1. The van der Waals surface area contributed by atoms with E-state index in [4.69, 9.17) is 4.43 Å². The second-order valence-electron chi connectivity index (χ2n) is 8.07. The Hall–Kier alpha value is -0.613. The molecule has 128 valence electrons. The van der Waals surface area contributed by atoms with Gasteiger partial charge in [-0.1, -0.05) is 40.2 Å². The van der Waals surface area contributed by atoms with Crippen LogP contribution in [0.4, 0.5) is 0 Å². The number of β-lactam (4-membered cyclic amide) rings is 1. The smallest absolute Gasteiger partial charge is 0.230 e. The summed E-state index contributed by atoms with van der Waals surface area (Å²) in [7, 11) is -1.83. The number of likely N-dealkylation sites (tertiary alicyclic amines) is 1. The van der Waals surface area contributed by atoms with Crippen LogP contribution in [0.2, 0.25) is 18.1 Å². The quantitative estimate of drug-likeness (QED) is 0.371. The van der Waals surface area contributed by atoms with Crippen molar-refractivity contribution >= 4 is 14.2 Å². The van der Waals surface area contributed by atoms with Gasteiger partial charge in [-0.05, 0) is 37.9 Å². The molecule has 0 aliphatic carbocycles. The van der Waals surface area contributed by atoms with Crippen molar-refractivity contribution in [3.05, 3.63) is 12.7 Å². The van der Waals surface area contributed by atoms with Crippen molar-refractivity contribution in [1.29, 1.82) is 0 Å². The molecule has 4 heteroatoms. The summed E-state index contributed by atoms with van der Waals surface area (Å²) in [6.07, 6.45) is 4.95. The van der Waals surface area contributed by atoms with E-state index in [0.717, 1.165) is 25.8 Å². The molecule has 1 heterocycles. The van der Waals surface area contributed by atoms with Crippen molar-refractivity contribution in [3.63, 3.8) is 0 Å². The largest absolute Gasteiger partial charge is 0.413 e. The average molecular weight is 326 g/mol. The van der Waals surface area contributed by atoms with Gasteiger partial charge in [-0.2, -0.15) is 0 Å². The van der Waals surface area contributed by atoms with Crippen molar-refractivity contribution in [2.45, 2.75) is 84.2 Å². The summed E-state index contributed by atoms with van der Waals surface area (Å²) in [4.78, 5) is 14.6. The van der Waals surface area contributed by atoms with Crippen LogP contribution in [0.5, 0.6) is 0 Å². The van der Waals surface area contributed by atoms with Crippen LogP contribution in [0, 0.1) is 5.92 Å². The molecule has 3 nitrogen and oxygen atoms in total. The fourth-order valence-corrected chi connectivity index (χ4v) is 4.43. The predicted molar refractivity (Wildman–Crippen MR) is 96.5 cm³/mol. The van der Waals surface area contributed by atoms with Crippen molar-refractivity contribution in [3.8, 4) is 0 Å². The van der Waals surface area contributed by atoms with Gasteiger partial charge in [-0.3, -0.25) is 4.79 Å². The molecule has 0 aromatic carbocycles. The van der Waals surface area contributed by atoms with Gasteiger partial charge in [0.25, 0.3) is 0 Å². The van der Waals surface area contributed by atoms with Crippen LogP contribution < -0.4 is 0 Å². The van der Waals surface area contributed by atoms with Gasteiger partial charge in [0.1, 0.15) is 0 Å². The first kappa shape index (κ1) is 19.4. The van der Waals surface area contributed by atoms with E-state index < -0.39 is 8.32 Å². The van der Waals surface area contributed by atoms with Crippen molar-refractivity contribution in [1.82, 2.24) is 4.90 Å². The summed E-state index contributed by atoms with van der Waals surface area (Å²) in [5, 5.41) is 0.177. The summed E-state index contributed by atoms with van der Waals surface area (Å²) >= 11 is 0. The molecule has 0 aromatic heterocycles. The lowest BCUT2D eigenvalue weighted by atomic mass is 9.80. The molecular formula is C18H35NO2Si. The highest BCUT2D eigenvalue weighted by Gasteiger charge is 2.51. The lowest BCUT2D eigenvalue weighted by Gasteiger charge is -2.51. The van der Waals surface area contributed by atoms with Gasteiger partial charge in [0, 0.05) is 12.6 Å². The van der Waals surface area contributed by atoms with Crippen molar-refractivity contribution in [2.24, 2.45) is 5.92 Å². The van der Waals surface area contributed by atoms with E-state index in [9.17, 15) is 4.79 Å². The Bertz CT molecular complexity index is 400. The normalized spacial score (nSPS) is 24.1. The molecule has 0 aromatic rings. The van der Waals surface area contributed by atoms with Gasteiger partial charge in [-0.15, -0.1) is 6.58 Å². The predicted octanol–water partition coefficient (Wildman–Crippen LogP) is 4.60. The van der Waals surface area contributed by atoms with Gasteiger partial charge in [-0.25, -0.2) is 0 Å². The average Bonchev–Trinajstić information content (AvgIpc) is 2.36. The molecule has 0 spiro atoms. The molecule has 1 fully saturated rings. The monoisotopic (exact) mass is 325 g/mol. The van der Waals surface area contributed by atoms with E-state index in [1.807, 2.05) is 11.0 Å². The van der Waals surface area contributed by atoms with E-state index in [2.05, 4.69) is 54.3 Å². The van der Waals surface area contributed by atoms with Crippen LogP contribution in [-0.4, -0.2) is 37.8 Å². The Balaban J connectivity index is 2.77. The molecule has 1 rings (SSSR count). The highest BCUT2D eigenvalue weighted by Crippen LogP contribution is 2.41. The maximum Gasteiger partial charge on any atom is 0.230 e. The molecule has 0 N–H and O–H groups in total. The second kappa shape index (κ2) is 7.31. The minimum atomic E-state index is -1.83. The minimum absolute atomic E-state index is 0.0184. The summed E-state index contributed by atoms with van der Waals surface area (Å²) in [6, 6.07) is 0.345. The Kier molecular flexibility index (Phi) is 6.45. The van der Waals surface area contributed by atoms with E-state index in [0.29, 0.717) is 6.04 Å². The van der Waals surface area contributed by atoms with Crippen LogP contribution >= 0.6 is 0 Å². The number of rotatable bonds is 8. The topological polar surface area (TPSA) is 29.5 Å². The van der Waals surface area contributed by atoms with E-state index >= 15 is 0 Å². The zero-order valence-electron chi connectivity index (χ0n) is 15.6. The van der Waals surface area contributed by atoms with Crippen LogP contribution in [0.15, 0.2) is 12.7 Å². The van der Waals surface area contributed by atoms with E-state index in [1.54, 1.807) is 0 Å². The third kappa shape index (κ3) is 4.02. The molecule has 3 atom stereocenters. The molecule has 22 heavy (non-hydrogen) atoms. The van der Waals surface area contributed by atoms with Gasteiger partial charge in [0.2, 0.25) is 5.91 Å². The van der Waals surface area contributed by atoms with Gasteiger partial charge in [0.15, 0.2) is 8.32 Å². The number of carbonyl (C=O) groups excluding carboxylic acids is 1. The SMILES string of the molecule is C=CCCN1C(=O)[C@H]([C@@H](C)O[Si](C)(C)C(C)(C)C)[C@H]1CCC. The molecule has 0 saturated carbocycles. The lowest BCUT2D eigenvalue weighted by molar-refractivity contribution is -0.163. The minimum Gasteiger partial charge on any atom is -0.413 e. The fraction of sp³-hybridized carbons (Fsp3) is 0.833. The molecule has 0 radical (unpaired) electrons. The summed E-state index contributed by atoms with van der Waals surface area (Å²) in [5.41, 5.74) is 0. The second-order valence-corrected chi connectivity index (χ2v) is 12.8.